The number of rotatable bonds is 2. The van der Waals surface area contributed by atoms with Gasteiger partial charge in [0.15, 0.2) is 0 Å². The Hall–Kier alpha value is -0.700. The average Bonchev–Trinajstić information content (AvgIpc) is 1.91. The van der Waals surface area contributed by atoms with E-state index in [0.717, 1.165) is 6.20 Å². The van der Waals surface area contributed by atoms with Crippen molar-refractivity contribution in [2.75, 3.05) is 6.38 Å². The summed E-state index contributed by atoms with van der Waals surface area (Å²) in [4.78, 5) is 10.2. The first-order chi connectivity index (χ1) is 5.09. The van der Waals surface area contributed by atoms with Crippen LogP contribution in [0.2, 0.25) is 0 Å². The molecule has 0 atom stereocenters. The lowest BCUT2D eigenvalue weighted by molar-refractivity contribution is -0.133. The van der Waals surface area contributed by atoms with Gasteiger partial charge in [-0.05, 0) is 5.92 Å². The summed E-state index contributed by atoms with van der Waals surface area (Å²) in [5, 5.41) is 8.40. The van der Waals surface area contributed by atoms with Crippen molar-refractivity contribution in [2.24, 2.45) is 11.7 Å². The summed E-state index contributed by atoms with van der Waals surface area (Å²) in [6.07, 6.45) is 2.60. The van der Waals surface area contributed by atoms with Gasteiger partial charge in [0, 0.05) is 12.6 Å². The Bertz CT molecular complexity index is 143. The average molecular weight is 180 g/mol. The third kappa shape index (κ3) is 5.73. The second-order valence-electron chi connectivity index (χ2n) is 2.08. The second-order valence-corrected chi connectivity index (χ2v) is 2.08. The molecule has 66 valence electrons. The molecule has 0 bridgehead atoms. The van der Waals surface area contributed by atoms with Crippen LogP contribution in [0.25, 0.3) is 0 Å². The zero-order chi connectivity index (χ0) is 9.44. The fourth-order valence-corrected chi connectivity index (χ4v) is 0.511. The molecule has 0 heterocycles. The van der Waals surface area contributed by atoms with E-state index in [1.54, 1.807) is 13.8 Å². The molecular formula is C7H14ClNO2. The van der Waals surface area contributed by atoms with Gasteiger partial charge < -0.3 is 10.8 Å². The maximum absolute atomic E-state index is 10.2. The summed E-state index contributed by atoms with van der Waals surface area (Å²) < 4.78 is 0. The van der Waals surface area contributed by atoms with Crippen LogP contribution in [0.4, 0.5) is 0 Å². The van der Waals surface area contributed by atoms with E-state index in [1.807, 2.05) is 0 Å². The molecule has 0 spiro atoms. The van der Waals surface area contributed by atoms with E-state index in [4.69, 9.17) is 10.8 Å². The largest absolute Gasteiger partial charge is 0.478 e. The van der Waals surface area contributed by atoms with Crippen LogP contribution < -0.4 is 5.73 Å². The third-order valence-electron chi connectivity index (χ3n) is 1.05. The van der Waals surface area contributed by atoms with E-state index in [2.05, 4.69) is 11.6 Å². The molecule has 0 aliphatic heterocycles. The van der Waals surface area contributed by atoms with Gasteiger partial charge in [-0.1, -0.05) is 13.8 Å². The lowest BCUT2D eigenvalue weighted by Crippen LogP contribution is -2.08. The van der Waals surface area contributed by atoms with Crippen LogP contribution in [0.5, 0.6) is 0 Å². The first-order valence-electron chi connectivity index (χ1n) is 3.12. The minimum absolute atomic E-state index is 0.00694. The summed E-state index contributed by atoms with van der Waals surface area (Å²) in [5.41, 5.74) is 5.29. The quantitative estimate of drug-likeness (QED) is 0.498. The van der Waals surface area contributed by atoms with Crippen LogP contribution in [-0.2, 0) is 4.79 Å². The van der Waals surface area contributed by atoms with Crippen molar-refractivity contribution >= 4 is 17.6 Å². The van der Waals surface area contributed by atoms with E-state index in [9.17, 15) is 4.79 Å². The summed E-state index contributed by atoms with van der Waals surface area (Å²) in [5.74, 6) is -0.944. The van der Waals surface area contributed by atoms with Gasteiger partial charge in [0.05, 0.1) is 5.57 Å². The van der Waals surface area contributed by atoms with Crippen LogP contribution in [0.15, 0.2) is 11.8 Å². The molecule has 11 heavy (non-hydrogen) atoms. The molecule has 4 heteroatoms. The van der Waals surface area contributed by atoms with Crippen LogP contribution in [0.3, 0.4) is 0 Å². The monoisotopic (exact) mass is 179 g/mol. The number of aliphatic carboxylic acids is 1. The molecule has 0 aromatic heterocycles. The van der Waals surface area contributed by atoms with Gasteiger partial charge >= 0.3 is 5.97 Å². The van der Waals surface area contributed by atoms with E-state index < -0.39 is 5.97 Å². The highest BCUT2D eigenvalue weighted by atomic mass is 35.5. The van der Waals surface area contributed by atoms with Crippen molar-refractivity contribution in [1.82, 2.24) is 0 Å². The van der Waals surface area contributed by atoms with Gasteiger partial charge in [-0.25, -0.2) is 4.79 Å². The van der Waals surface area contributed by atoms with Gasteiger partial charge in [-0.15, -0.1) is 11.6 Å². The Labute approximate surface area is 71.8 Å². The Morgan fingerprint density at radius 1 is 1.55 bits per heavy atom. The van der Waals surface area contributed by atoms with Crippen molar-refractivity contribution in [3.8, 4) is 0 Å². The first kappa shape index (κ1) is 12.9. The molecule has 0 aromatic carbocycles. The minimum atomic E-state index is -0.937. The van der Waals surface area contributed by atoms with Crippen molar-refractivity contribution in [1.29, 1.82) is 0 Å². The van der Waals surface area contributed by atoms with Crippen molar-refractivity contribution in [2.45, 2.75) is 13.8 Å². The predicted octanol–water partition coefficient (Wildman–Crippen LogP) is 1.42. The molecule has 0 aliphatic rings. The summed E-state index contributed by atoms with van der Waals surface area (Å²) >= 11 is 4.64. The highest BCUT2D eigenvalue weighted by Crippen LogP contribution is 2.06. The Kier molecular flexibility index (Phi) is 8.71. The minimum Gasteiger partial charge on any atom is -0.478 e. The molecule has 0 aromatic rings. The van der Waals surface area contributed by atoms with Crippen LogP contribution in [0.1, 0.15) is 13.8 Å². The van der Waals surface area contributed by atoms with Gasteiger partial charge in [0.1, 0.15) is 0 Å². The fourth-order valence-electron chi connectivity index (χ4n) is 0.511. The topological polar surface area (TPSA) is 63.3 Å². The number of carboxylic acids is 1. The zero-order valence-electron chi connectivity index (χ0n) is 6.97. The number of nitrogens with two attached hydrogens (primary N) is 1. The molecule has 0 radical (unpaired) electrons. The summed E-state index contributed by atoms with van der Waals surface area (Å²) in [7, 11) is 0. The van der Waals surface area contributed by atoms with Crippen LogP contribution in [0, 0.1) is 5.92 Å². The van der Waals surface area contributed by atoms with Crippen LogP contribution in [-0.4, -0.2) is 17.5 Å². The molecule has 0 fully saturated rings. The predicted molar refractivity (Wildman–Crippen MR) is 46.5 cm³/mol. The fraction of sp³-hybridized carbons (Fsp3) is 0.571. The Morgan fingerprint density at radius 3 is 1.91 bits per heavy atom. The standard InChI is InChI=1S/C6H11NO2.CH3Cl/c1-4(2)5(3-7)6(8)9;1-2/h3-4H,7H2,1-2H3,(H,8,9);1H3. The second kappa shape index (κ2) is 7.41. The molecule has 0 saturated carbocycles. The number of hydrogen-bond acceptors (Lipinski definition) is 2. The van der Waals surface area contributed by atoms with E-state index in [-0.39, 0.29) is 11.5 Å². The first-order valence-corrected chi connectivity index (χ1v) is 3.88. The van der Waals surface area contributed by atoms with Gasteiger partial charge in [0.25, 0.3) is 0 Å². The number of alkyl halides is 1. The Morgan fingerprint density at radius 2 is 1.91 bits per heavy atom. The molecule has 3 nitrogen and oxygen atoms in total. The lowest BCUT2D eigenvalue weighted by atomic mass is 10.1. The highest BCUT2D eigenvalue weighted by molar-refractivity contribution is 6.15. The Balaban J connectivity index is 0. The van der Waals surface area contributed by atoms with E-state index in [0.29, 0.717) is 0 Å². The molecular weight excluding hydrogens is 166 g/mol. The van der Waals surface area contributed by atoms with Crippen molar-refractivity contribution in [3.05, 3.63) is 11.8 Å². The molecule has 0 aliphatic carbocycles. The summed E-state index contributed by atoms with van der Waals surface area (Å²) in [6.45, 7) is 3.57. The number of carboxylic acid groups (broad SMARTS) is 1. The molecule has 0 saturated heterocycles. The van der Waals surface area contributed by atoms with Crippen molar-refractivity contribution < 1.29 is 9.90 Å². The van der Waals surface area contributed by atoms with E-state index >= 15 is 0 Å². The number of carbonyl (C=O) groups is 1. The molecule has 0 unspecified atom stereocenters. The smallest absolute Gasteiger partial charge is 0.333 e. The third-order valence-corrected chi connectivity index (χ3v) is 1.05. The van der Waals surface area contributed by atoms with Gasteiger partial charge in [-0.3, -0.25) is 0 Å². The summed E-state index contributed by atoms with van der Waals surface area (Å²) in [6, 6.07) is 0. The van der Waals surface area contributed by atoms with E-state index in [1.165, 1.54) is 6.38 Å². The van der Waals surface area contributed by atoms with Crippen LogP contribution >= 0.6 is 11.6 Å². The number of hydrogen-bond donors (Lipinski definition) is 2. The van der Waals surface area contributed by atoms with Gasteiger partial charge in [0.2, 0.25) is 0 Å². The number of halogens is 1. The van der Waals surface area contributed by atoms with Crippen molar-refractivity contribution in [3.63, 3.8) is 0 Å². The maximum Gasteiger partial charge on any atom is 0.333 e. The zero-order valence-corrected chi connectivity index (χ0v) is 7.72. The molecule has 0 amide bonds. The lowest BCUT2D eigenvalue weighted by Gasteiger charge is -2.02. The molecule has 3 N–H and O–H groups in total. The molecule has 0 rings (SSSR count). The van der Waals surface area contributed by atoms with Gasteiger partial charge in [-0.2, -0.15) is 0 Å². The SMILES string of the molecule is CC(C)C(=CN)C(=O)O.CCl. The highest BCUT2D eigenvalue weighted by Gasteiger charge is 2.09. The maximum atomic E-state index is 10.2. The normalized spacial score (nSPS) is 10.5.